The summed E-state index contributed by atoms with van der Waals surface area (Å²) in [4.78, 5) is 55.4. The van der Waals surface area contributed by atoms with Gasteiger partial charge in [0.1, 0.15) is 36.5 Å². The molecule has 2 fully saturated rings. The summed E-state index contributed by atoms with van der Waals surface area (Å²) in [6.07, 6.45) is 0.368. The summed E-state index contributed by atoms with van der Waals surface area (Å²) in [5.41, 5.74) is 3.07. The fraction of sp³-hybridized carbons (Fsp3) is 0.528. The van der Waals surface area contributed by atoms with E-state index in [1.54, 1.807) is 47.0 Å². The smallest absolute Gasteiger partial charge is 0.351 e. The minimum Gasteiger partial charge on any atom is -0.462 e. The fourth-order valence-electron chi connectivity index (χ4n) is 5.15. The zero-order valence-electron chi connectivity index (χ0n) is 28.8. The quantitative estimate of drug-likeness (QED) is 0.0506. The van der Waals surface area contributed by atoms with Crippen LogP contribution in [0.15, 0.2) is 64.1 Å². The Hall–Kier alpha value is -2.64. The summed E-state index contributed by atoms with van der Waals surface area (Å²) < 4.78 is 22.2. The summed E-state index contributed by atoms with van der Waals surface area (Å²) in [6.45, 7) is 10.2. The number of hydrogen-bond donors (Lipinski definition) is 0. The number of nitrogens with zero attached hydrogens (tertiary/aromatic N) is 2. The summed E-state index contributed by atoms with van der Waals surface area (Å²) in [6, 6.07) is 9.71. The zero-order valence-corrected chi connectivity index (χ0v) is 32.8. The van der Waals surface area contributed by atoms with Crippen LogP contribution in [-0.4, -0.2) is 102 Å². The summed E-state index contributed by atoms with van der Waals surface area (Å²) in [7, 11) is 0. The first kappa shape index (κ1) is 41.1. The number of fused-ring (bicyclic) bond motifs is 1. The van der Waals surface area contributed by atoms with Gasteiger partial charge in [0.25, 0.3) is 0 Å². The Kier molecular flexibility index (Phi) is 17.6. The zero-order chi connectivity index (χ0) is 36.6. The van der Waals surface area contributed by atoms with Gasteiger partial charge in [-0.1, -0.05) is 61.5 Å². The van der Waals surface area contributed by atoms with Crippen molar-refractivity contribution in [1.29, 1.82) is 5.26 Å². The number of ether oxygens (including phenoxy) is 4. The molecule has 1 atom stereocenters. The molecule has 0 radical (unpaired) electrons. The summed E-state index contributed by atoms with van der Waals surface area (Å²) >= 11 is 7.90. The Balaban J connectivity index is 1.33. The highest BCUT2D eigenvalue weighted by atomic mass is 32.2. The monoisotopic (exact) mass is 792 g/mol. The van der Waals surface area contributed by atoms with Crippen LogP contribution in [0.25, 0.3) is 0 Å². The van der Waals surface area contributed by atoms with E-state index < -0.39 is 36.2 Å². The standard InChI is InChI=1S/C36H44N2O8S5/c1-4-5-10-38-30-8-6-7-9-31(30)51-34(38)29(15-37)36(42)44-12-11-43-32(39)13-26(35(41)46-28-22-49-18-25(3)19-50-23-28)14-33(40)45-27-20-47-16-24(2)17-48-21-27/h6-9,26-28H,2-5,10-14,16-23H2,1H3. The number of thioether (sulfide) groups is 5. The Morgan fingerprint density at radius 1 is 0.863 bits per heavy atom. The number of hydrogen-bond acceptors (Lipinski definition) is 15. The molecule has 3 aliphatic rings. The maximum absolute atomic E-state index is 13.4. The van der Waals surface area contributed by atoms with Crippen LogP contribution in [0.3, 0.4) is 0 Å². The number of carbonyl (C=O) groups is 4. The normalized spacial score (nSPS) is 18.9. The molecular formula is C36H44N2O8S5. The third-order valence-electron chi connectivity index (χ3n) is 7.63. The third kappa shape index (κ3) is 13.4. The molecule has 0 N–H and O–H groups in total. The number of nitriles is 1. The van der Waals surface area contributed by atoms with E-state index in [1.165, 1.54) is 11.8 Å². The molecule has 0 aliphatic carbocycles. The van der Waals surface area contributed by atoms with Crippen molar-refractivity contribution in [2.24, 2.45) is 5.92 Å². The van der Waals surface area contributed by atoms with Crippen molar-refractivity contribution in [3.63, 3.8) is 0 Å². The topological polar surface area (TPSA) is 132 Å². The second-order valence-electron chi connectivity index (χ2n) is 12.1. The molecule has 4 rings (SSSR count). The van der Waals surface area contributed by atoms with Gasteiger partial charge in [0.2, 0.25) is 0 Å². The molecule has 3 aliphatic heterocycles. The first-order chi connectivity index (χ1) is 24.7. The van der Waals surface area contributed by atoms with Crippen LogP contribution >= 0.6 is 58.8 Å². The number of esters is 4. The SMILES string of the molecule is C=C1CSCC(OC(=O)CC(CC(=O)OCCOC(=O)C(C#N)=C2Sc3ccccc3N2CCCC)C(=O)OC2CSCC(=C)CSC2)CSC1. The van der Waals surface area contributed by atoms with Crippen LogP contribution in [0.1, 0.15) is 32.6 Å². The molecule has 0 spiro atoms. The van der Waals surface area contributed by atoms with Crippen LogP contribution in [-0.2, 0) is 38.1 Å². The molecule has 0 bridgehead atoms. The van der Waals surface area contributed by atoms with Gasteiger partial charge in [0, 0.05) is 57.5 Å². The van der Waals surface area contributed by atoms with Crippen molar-refractivity contribution in [3.05, 3.63) is 59.2 Å². The Morgan fingerprint density at radius 3 is 2.04 bits per heavy atom. The molecule has 1 unspecified atom stereocenters. The van der Waals surface area contributed by atoms with Crippen LogP contribution in [0.5, 0.6) is 0 Å². The largest absolute Gasteiger partial charge is 0.462 e. The van der Waals surface area contributed by atoms with E-state index >= 15 is 0 Å². The van der Waals surface area contributed by atoms with E-state index in [-0.39, 0.29) is 37.4 Å². The van der Waals surface area contributed by atoms with Crippen molar-refractivity contribution in [2.45, 2.75) is 49.7 Å². The first-order valence-corrected chi connectivity index (χ1v) is 22.2. The lowest BCUT2D eigenvalue weighted by atomic mass is 10.0. The lowest BCUT2D eigenvalue weighted by molar-refractivity contribution is -0.163. The number of unbranched alkanes of at least 4 members (excludes halogenated alkanes) is 1. The van der Waals surface area contributed by atoms with Gasteiger partial charge in [0.05, 0.1) is 24.4 Å². The van der Waals surface area contributed by atoms with Gasteiger partial charge in [-0.15, -0.1) is 0 Å². The Morgan fingerprint density at radius 2 is 1.43 bits per heavy atom. The minimum absolute atomic E-state index is 0.124. The molecule has 51 heavy (non-hydrogen) atoms. The van der Waals surface area contributed by atoms with E-state index in [0.717, 1.165) is 57.6 Å². The third-order valence-corrected chi connectivity index (χ3v) is 13.7. The van der Waals surface area contributed by atoms with Gasteiger partial charge in [-0.3, -0.25) is 14.4 Å². The lowest BCUT2D eigenvalue weighted by Gasteiger charge is -2.24. The van der Waals surface area contributed by atoms with E-state index in [2.05, 4.69) is 20.1 Å². The van der Waals surface area contributed by atoms with Gasteiger partial charge in [-0.05, 0) is 18.6 Å². The number of rotatable bonds is 14. The second-order valence-corrected chi connectivity index (χ2v) is 17.2. The molecule has 15 heteroatoms. The van der Waals surface area contributed by atoms with E-state index in [4.69, 9.17) is 18.9 Å². The van der Waals surface area contributed by atoms with Crippen molar-refractivity contribution in [1.82, 2.24) is 0 Å². The van der Waals surface area contributed by atoms with Gasteiger partial charge in [-0.25, -0.2) is 4.79 Å². The number of anilines is 1. The van der Waals surface area contributed by atoms with Gasteiger partial charge in [-0.2, -0.15) is 52.3 Å². The number of para-hydroxylation sites is 1. The summed E-state index contributed by atoms with van der Waals surface area (Å²) in [5.74, 6) is 1.59. The van der Waals surface area contributed by atoms with Crippen LogP contribution in [0.2, 0.25) is 0 Å². The highest BCUT2D eigenvalue weighted by molar-refractivity contribution is 8.04. The molecule has 10 nitrogen and oxygen atoms in total. The molecule has 1 aromatic rings. The highest BCUT2D eigenvalue weighted by Gasteiger charge is 2.33. The van der Waals surface area contributed by atoms with Gasteiger partial charge < -0.3 is 23.8 Å². The second kappa shape index (κ2) is 21.8. The molecule has 3 heterocycles. The van der Waals surface area contributed by atoms with E-state index in [9.17, 15) is 24.4 Å². The molecule has 0 aromatic heterocycles. The van der Waals surface area contributed by atoms with E-state index in [1.807, 2.05) is 35.2 Å². The van der Waals surface area contributed by atoms with Crippen molar-refractivity contribution in [2.75, 3.05) is 70.7 Å². The maximum Gasteiger partial charge on any atom is 0.351 e. The molecule has 0 amide bonds. The predicted molar refractivity (Wildman–Crippen MR) is 209 cm³/mol. The Labute approximate surface area is 321 Å². The average Bonchev–Trinajstić information content (AvgIpc) is 3.44. The minimum atomic E-state index is -1.11. The predicted octanol–water partition coefficient (Wildman–Crippen LogP) is 6.51. The highest BCUT2D eigenvalue weighted by Crippen LogP contribution is 2.47. The molecule has 0 saturated carbocycles. The fourth-order valence-corrected chi connectivity index (χ4v) is 10.7. The average molecular weight is 793 g/mol. The Bertz CT molecular complexity index is 1490. The molecular weight excluding hydrogens is 749 g/mol. The van der Waals surface area contributed by atoms with Gasteiger partial charge >= 0.3 is 23.9 Å². The van der Waals surface area contributed by atoms with Crippen molar-refractivity contribution >= 4 is 88.4 Å². The van der Waals surface area contributed by atoms with Crippen LogP contribution in [0.4, 0.5) is 5.69 Å². The molecule has 276 valence electrons. The summed E-state index contributed by atoms with van der Waals surface area (Å²) in [5, 5.41) is 10.4. The van der Waals surface area contributed by atoms with Crippen LogP contribution in [0, 0.1) is 17.2 Å². The lowest BCUT2D eigenvalue weighted by Crippen LogP contribution is -2.33. The maximum atomic E-state index is 13.4. The molecule has 2 saturated heterocycles. The van der Waals surface area contributed by atoms with Crippen LogP contribution < -0.4 is 4.90 Å². The molecule has 1 aromatic carbocycles. The van der Waals surface area contributed by atoms with E-state index in [0.29, 0.717) is 34.6 Å². The van der Waals surface area contributed by atoms with Crippen molar-refractivity contribution in [3.8, 4) is 6.07 Å². The van der Waals surface area contributed by atoms with Gasteiger partial charge in [0.15, 0.2) is 5.57 Å². The first-order valence-electron chi connectivity index (χ1n) is 16.7. The van der Waals surface area contributed by atoms with Crippen molar-refractivity contribution < 1.29 is 38.1 Å². The number of benzene rings is 1. The number of carbonyl (C=O) groups excluding carboxylic acids is 4.